The van der Waals surface area contributed by atoms with E-state index in [1.807, 2.05) is 49.4 Å². The monoisotopic (exact) mass is 285 g/mol. The Morgan fingerprint density at radius 3 is 2.05 bits per heavy atom. The molecule has 110 valence electrons. The maximum Gasteiger partial charge on any atom is 0.258 e. The van der Waals surface area contributed by atoms with Crippen LogP contribution in [0.25, 0.3) is 0 Å². The minimum atomic E-state index is -0.0478. The largest absolute Gasteiger partial charge is 0.497 e. The molecule has 0 aliphatic rings. The second kappa shape index (κ2) is 6.79. The average molecular weight is 285 g/mol. The van der Waals surface area contributed by atoms with E-state index in [1.54, 1.807) is 25.2 Å². The van der Waals surface area contributed by atoms with E-state index in [4.69, 9.17) is 9.47 Å². The second-order valence-corrected chi connectivity index (χ2v) is 4.49. The van der Waals surface area contributed by atoms with Gasteiger partial charge < -0.3 is 14.4 Å². The van der Waals surface area contributed by atoms with Crippen LogP contribution < -0.4 is 14.4 Å². The predicted molar refractivity (Wildman–Crippen MR) is 83.3 cm³/mol. The first kappa shape index (κ1) is 14.9. The van der Waals surface area contributed by atoms with Gasteiger partial charge in [-0.3, -0.25) is 4.79 Å². The molecule has 0 fully saturated rings. The van der Waals surface area contributed by atoms with Gasteiger partial charge in [0.2, 0.25) is 0 Å². The van der Waals surface area contributed by atoms with Crippen LogP contribution in [0.1, 0.15) is 17.3 Å². The summed E-state index contributed by atoms with van der Waals surface area (Å²) in [6.45, 7) is 2.50. The van der Waals surface area contributed by atoms with Crippen LogP contribution in [0.2, 0.25) is 0 Å². The Balaban J connectivity index is 2.39. The molecule has 0 aliphatic carbocycles. The molecule has 0 aromatic heterocycles. The van der Waals surface area contributed by atoms with Gasteiger partial charge in [-0.05, 0) is 19.1 Å². The summed E-state index contributed by atoms with van der Waals surface area (Å²) >= 11 is 0. The van der Waals surface area contributed by atoms with Crippen molar-refractivity contribution >= 4 is 11.6 Å². The molecule has 4 nitrogen and oxygen atoms in total. The Labute approximate surface area is 124 Å². The first-order valence-electron chi connectivity index (χ1n) is 6.79. The van der Waals surface area contributed by atoms with Crippen LogP contribution >= 0.6 is 0 Å². The van der Waals surface area contributed by atoms with Crippen LogP contribution in [0.4, 0.5) is 5.69 Å². The molecule has 21 heavy (non-hydrogen) atoms. The molecule has 0 bridgehead atoms. The normalized spacial score (nSPS) is 10.0. The van der Waals surface area contributed by atoms with Crippen LogP contribution in [-0.4, -0.2) is 26.7 Å². The maximum atomic E-state index is 12.6. The van der Waals surface area contributed by atoms with E-state index in [9.17, 15) is 4.79 Å². The zero-order chi connectivity index (χ0) is 15.2. The third-order valence-corrected chi connectivity index (χ3v) is 3.23. The second-order valence-electron chi connectivity index (χ2n) is 4.49. The predicted octanol–water partition coefficient (Wildman–Crippen LogP) is 3.37. The van der Waals surface area contributed by atoms with Crippen molar-refractivity contribution in [2.45, 2.75) is 6.92 Å². The molecule has 0 saturated carbocycles. The van der Waals surface area contributed by atoms with Crippen LogP contribution in [-0.2, 0) is 0 Å². The zero-order valence-corrected chi connectivity index (χ0v) is 12.5. The van der Waals surface area contributed by atoms with E-state index in [0.29, 0.717) is 23.6 Å². The SMILES string of the molecule is CCN(C(=O)c1ccccc1)c1cc(OC)cc(OC)c1. The number of methoxy groups -OCH3 is 2. The van der Waals surface area contributed by atoms with Crippen molar-refractivity contribution < 1.29 is 14.3 Å². The van der Waals surface area contributed by atoms with Crippen molar-refractivity contribution in [3.05, 3.63) is 54.1 Å². The third-order valence-electron chi connectivity index (χ3n) is 3.23. The molecule has 4 heteroatoms. The van der Waals surface area contributed by atoms with Gasteiger partial charge in [-0.1, -0.05) is 18.2 Å². The number of carbonyl (C=O) groups is 1. The van der Waals surface area contributed by atoms with E-state index in [1.165, 1.54) is 0 Å². The molecular weight excluding hydrogens is 266 g/mol. The number of anilines is 1. The molecule has 1 amide bonds. The van der Waals surface area contributed by atoms with Crippen molar-refractivity contribution in [1.82, 2.24) is 0 Å². The molecule has 0 heterocycles. The van der Waals surface area contributed by atoms with Gasteiger partial charge in [-0.2, -0.15) is 0 Å². The van der Waals surface area contributed by atoms with Crippen LogP contribution in [0.5, 0.6) is 11.5 Å². The molecule has 0 spiro atoms. The number of nitrogens with zero attached hydrogens (tertiary/aromatic N) is 1. The Kier molecular flexibility index (Phi) is 4.82. The Hall–Kier alpha value is -2.49. The average Bonchev–Trinajstić information content (AvgIpc) is 2.55. The van der Waals surface area contributed by atoms with Crippen LogP contribution in [0, 0.1) is 0 Å². The number of amides is 1. The highest BCUT2D eigenvalue weighted by Crippen LogP contribution is 2.29. The zero-order valence-electron chi connectivity index (χ0n) is 12.5. The van der Waals surface area contributed by atoms with E-state index in [-0.39, 0.29) is 5.91 Å². The molecule has 0 unspecified atom stereocenters. The number of benzene rings is 2. The lowest BCUT2D eigenvalue weighted by Gasteiger charge is -2.22. The smallest absolute Gasteiger partial charge is 0.258 e. The Bertz CT molecular complexity index is 588. The van der Waals surface area contributed by atoms with E-state index in [2.05, 4.69) is 0 Å². The summed E-state index contributed by atoms with van der Waals surface area (Å²) in [4.78, 5) is 14.3. The first-order chi connectivity index (χ1) is 10.2. The summed E-state index contributed by atoms with van der Waals surface area (Å²) < 4.78 is 10.5. The fourth-order valence-electron chi connectivity index (χ4n) is 2.13. The first-order valence-corrected chi connectivity index (χ1v) is 6.79. The van der Waals surface area contributed by atoms with E-state index < -0.39 is 0 Å². The topological polar surface area (TPSA) is 38.8 Å². The molecule has 2 aromatic carbocycles. The van der Waals surface area contributed by atoms with Gasteiger partial charge in [0.25, 0.3) is 5.91 Å². The Morgan fingerprint density at radius 1 is 1.00 bits per heavy atom. The number of ether oxygens (including phenoxy) is 2. The summed E-state index contributed by atoms with van der Waals surface area (Å²) in [6.07, 6.45) is 0. The fourth-order valence-corrected chi connectivity index (χ4v) is 2.13. The molecule has 0 aliphatic heterocycles. The molecule has 0 N–H and O–H groups in total. The molecule has 0 saturated heterocycles. The lowest BCUT2D eigenvalue weighted by atomic mass is 10.1. The van der Waals surface area contributed by atoms with Crippen molar-refractivity contribution in [2.24, 2.45) is 0 Å². The quantitative estimate of drug-likeness (QED) is 0.845. The summed E-state index contributed by atoms with van der Waals surface area (Å²) in [7, 11) is 3.18. The summed E-state index contributed by atoms with van der Waals surface area (Å²) in [5.74, 6) is 1.26. The van der Waals surface area contributed by atoms with Gasteiger partial charge in [-0.15, -0.1) is 0 Å². The van der Waals surface area contributed by atoms with Crippen molar-refractivity contribution in [1.29, 1.82) is 0 Å². The highest BCUT2D eigenvalue weighted by atomic mass is 16.5. The third kappa shape index (κ3) is 3.34. The van der Waals surface area contributed by atoms with Gasteiger partial charge in [-0.25, -0.2) is 0 Å². The lowest BCUT2D eigenvalue weighted by molar-refractivity contribution is 0.0988. The fraction of sp³-hybridized carbons (Fsp3) is 0.235. The molecule has 0 atom stereocenters. The van der Waals surface area contributed by atoms with E-state index >= 15 is 0 Å². The van der Waals surface area contributed by atoms with Crippen molar-refractivity contribution in [2.75, 3.05) is 25.7 Å². The van der Waals surface area contributed by atoms with Crippen molar-refractivity contribution in [3.8, 4) is 11.5 Å². The highest BCUT2D eigenvalue weighted by Gasteiger charge is 2.17. The minimum Gasteiger partial charge on any atom is -0.497 e. The van der Waals surface area contributed by atoms with E-state index in [0.717, 1.165) is 5.69 Å². The number of carbonyl (C=O) groups excluding carboxylic acids is 1. The van der Waals surface area contributed by atoms with Gasteiger partial charge in [0, 0.05) is 30.3 Å². The number of rotatable bonds is 5. The number of hydrogen-bond donors (Lipinski definition) is 0. The molecule has 0 radical (unpaired) electrons. The Morgan fingerprint density at radius 2 is 1.57 bits per heavy atom. The van der Waals surface area contributed by atoms with Gasteiger partial charge in [0.05, 0.1) is 19.9 Å². The standard InChI is InChI=1S/C17H19NO3/c1-4-18(17(19)13-8-6-5-7-9-13)14-10-15(20-2)12-16(11-14)21-3/h5-12H,4H2,1-3H3. The van der Waals surface area contributed by atoms with Crippen LogP contribution in [0.3, 0.4) is 0 Å². The summed E-state index contributed by atoms with van der Waals surface area (Å²) in [6, 6.07) is 14.6. The lowest BCUT2D eigenvalue weighted by Crippen LogP contribution is -2.30. The number of hydrogen-bond acceptors (Lipinski definition) is 3. The highest BCUT2D eigenvalue weighted by molar-refractivity contribution is 6.06. The minimum absolute atomic E-state index is 0.0478. The molecular formula is C17H19NO3. The molecule has 2 aromatic rings. The summed E-state index contributed by atoms with van der Waals surface area (Å²) in [5, 5.41) is 0. The van der Waals surface area contributed by atoms with Crippen LogP contribution in [0.15, 0.2) is 48.5 Å². The maximum absolute atomic E-state index is 12.6. The van der Waals surface area contributed by atoms with Gasteiger partial charge >= 0.3 is 0 Å². The summed E-state index contributed by atoms with van der Waals surface area (Å²) in [5.41, 5.74) is 1.41. The van der Waals surface area contributed by atoms with Crippen molar-refractivity contribution in [3.63, 3.8) is 0 Å². The van der Waals surface area contributed by atoms with Gasteiger partial charge in [0.15, 0.2) is 0 Å². The van der Waals surface area contributed by atoms with Gasteiger partial charge in [0.1, 0.15) is 11.5 Å². The molecule has 2 rings (SSSR count).